The van der Waals surface area contributed by atoms with Gasteiger partial charge in [0.1, 0.15) is 5.69 Å². The molecule has 0 aliphatic carbocycles. The summed E-state index contributed by atoms with van der Waals surface area (Å²) in [5.74, 6) is 0.125. The van der Waals surface area contributed by atoms with Gasteiger partial charge in [0.2, 0.25) is 0 Å². The zero-order chi connectivity index (χ0) is 15.5. The maximum absolute atomic E-state index is 12.7. The Morgan fingerprint density at radius 2 is 1.82 bits per heavy atom. The quantitative estimate of drug-likeness (QED) is 0.942. The van der Waals surface area contributed by atoms with Gasteiger partial charge in [-0.3, -0.25) is 9.69 Å². The Balaban J connectivity index is 1.67. The van der Waals surface area contributed by atoms with Gasteiger partial charge in [0.05, 0.1) is 0 Å². The highest BCUT2D eigenvalue weighted by Crippen LogP contribution is 2.18. The van der Waals surface area contributed by atoms with Crippen molar-refractivity contribution >= 4 is 16.8 Å². The number of rotatable bonds is 4. The Labute approximate surface area is 132 Å². The molecule has 4 nitrogen and oxygen atoms in total. The second-order valence-electron chi connectivity index (χ2n) is 6.07. The first kappa shape index (κ1) is 15.1. The summed E-state index contributed by atoms with van der Waals surface area (Å²) in [6, 6.07) is 10.7. The predicted molar refractivity (Wildman–Crippen MR) is 90.1 cm³/mol. The molecule has 22 heavy (non-hydrogen) atoms. The van der Waals surface area contributed by atoms with Crippen LogP contribution in [-0.2, 0) is 0 Å². The van der Waals surface area contributed by atoms with E-state index in [1.807, 2.05) is 35.2 Å². The van der Waals surface area contributed by atoms with E-state index in [1.54, 1.807) is 0 Å². The van der Waals surface area contributed by atoms with Crippen LogP contribution in [0.1, 0.15) is 37.2 Å². The highest BCUT2D eigenvalue weighted by Gasteiger charge is 2.25. The fourth-order valence-corrected chi connectivity index (χ4v) is 3.45. The summed E-state index contributed by atoms with van der Waals surface area (Å²) < 4.78 is 0. The molecular weight excluding hydrogens is 274 g/mol. The standard InChI is InChI=1S/C18H25N3O/c1-3-15(4-2)20-9-11-21(12-10-20)18(22)17-13-14-7-5-6-8-16(14)19-17/h5-8,13,15,19H,3-4,9-12H2,1-2H3. The molecule has 1 aliphatic rings. The van der Waals surface area contributed by atoms with Gasteiger partial charge < -0.3 is 9.88 Å². The number of benzene rings is 1. The number of amides is 1. The van der Waals surface area contributed by atoms with Crippen molar-refractivity contribution in [1.82, 2.24) is 14.8 Å². The molecule has 1 aliphatic heterocycles. The molecule has 0 spiro atoms. The van der Waals surface area contributed by atoms with Crippen molar-refractivity contribution in [2.24, 2.45) is 0 Å². The molecule has 1 N–H and O–H groups in total. The Bertz CT molecular complexity index is 604. The lowest BCUT2D eigenvalue weighted by Crippen LogP contribution is -2.51. The lowest BCUT2D eigenvalue weighted by molar-refractivity contribution is 0.0555. The summed E-state index contributed by atoms with van der Waals surface area (Å²) in [6.45, 7) is 8.11. The fourth-order valence-electron chi connectivity index (χ4n) is 3.45. The molecular formula is C18H25N3O. The van der Waals surface area contributed by atoms with Crippen LogP contribution in [0.3, 0.4) is 0 Å². The molecule has 2 aromatic rings. The average Bonchev–Trinajstić information content (AvgIpc) is 3.00. The van der Waals surface area contributed by atoms with E-state index in [0.717, 1.165) is 37.1 Å². The molecule has 1 amide bonds. The molecule has 2 heterocycles. The molecule has 0 radical (unpaired) electrons. The number of nitrogens with zero attached hydrogens (tertiary/aromatic N) is 2. The summed E-state index contributed by atoms with van der Waals surface area (Å²) in [7, 11) is 0. The third kappa shape index (κ3) is 2.88. The maximum atomic E-state index is 12.7. The van der Waals surface area contributed by atoms with Crippen LogP contribution in [0.25, 0.3) is 10.9 Å². The summed E-state index contributed by atoms with van der Waals surface area (Å²) in [6.07, 6.45) is 2.37. The van der Waals surface area contributed by atoms with Crippen molar-refractivity contribution in [3.8, 4) is 0 Å². The van der Waals surface area contributed by atoms with E-state index < -0.39 is 0 Å². The third-order valence-corrected chi connectivity index (χ3v) is 4.82. The average molecular weight is 299 g/mol. The van der Waals surface area contributed by atoms with E-state index in [9.17, 15) is 4.79 Å². The number of piperazine rings is 1. The Hall–Kier alpha value is -1.81. The van der Waals surface area contributed by atoms with E-state index in [1.165, 1.54) is 12.8 Å². The molecule has 1 saturated heterocycles. The lowest BCUT2D eigenvalue weighted by Gasteiger charge is -2.38. The minimum absolute atomic E-state index is 0.125. The normalized spacial score (nSPS) is 16.6. The monoisotopic (exact) mass is 299 g/mol. The van der Waals surface area contributed by atoms with Crippen LogP contribution in [0.4, 0.5) is 0 Å². The van der Waals surface area contributed by atoms with Crippen molar-refractivity contribution in [3.63, 3.8) is 0 Å². The van der Waals surface area contributed by atoms with Gasteiger partial charge >= 0.3 is 0 Å². The van der Waals surface area contributed by atoms with Gasteiger partial charge in [0, 0.05) is 43.1 Å². The van der Waals surface area contributed by atoms with Gasteiger partial charge in [0.15, 0.2) is 0 Å². The maximum Gasteiger partial charge on any atom is 0.270 e. The van der Waals surface area contributed by atoms with Gasteiger partial charge in [-0.15, -0.1) is 0 Å². The minimum atomic E-state index is 0.125. The van der Waals surface area contributed by atoms with E-state index in [4.69, 9.17) is 0 Å². The SMILES string of the molecule is CCC(CC)N1CCN(C(=O)c2cc3ccccc3[nH]2)CC1. The van der Waals surface area contributed by atoms with Crippen LogP contribution < -0.4 is 0 Å². The number of para-hydroxylation sites is 1. The zero-order valence-corrected chi connectivity index (χ0v) is 13.5. The number of hydrogen-bond acceptors (Lipinski definition) is 2. The summed E-state index contributed by atoms with van der Waals surface area (Å²) in [5.41, 5.74) is 1.73. The van der Waals surface area contributed by atoms with Crippen LogP contribution >= 0.6 is 0 Å². The van der Waals surface area contributed by atoms with Crippen LogP contribution in [-0.4, -0.2) is 52.9 Å². The lowest BCUT2D eigenvalue weighted by atomic mass is 10.1. The molecule has 4 heteroatoms. The van der Waals surface area contributed by atoms with E-state index >= 15 is 0 Å². The summed E-state index contributed by atoms with van der Waals surface area (Å²) >= 11 is 0. The second-order valence-corrected chi connectivity index (χ2v) is 6.07. The number of carbonyl (C=O) groups excluding carboxylic acids is 1. The Morgan fingerprint density at radius 1 is 1.14 bits per heavy atom. The summed E-state index contributed by atoms with van der Waals surface area (Å²) in [4.78, 5) is 20.4. The van der Waals surface area contributed by atoms with E-state index in [0.29, 0.717) is 11.7 Å². The number of H-pyrrole nitrogens is 1. The Kier molecular flexibility index (Phi) is 4.48. The molecule has 1 aromatic carbocycles. The molecule has 0 saturated carbocycles. The number of aromatic nitrogens is 1. The van der Waals surface area contributed by atoms with Gasteiger partial charge in [0.25, 0.3) is 5.91 Å². The molecule has 0 bridgehead atoms. The highest BCUT2D eigenvalue weighted by atomic mass is 16.2. The van der Waals surface area contributed by atoms with Crippen LogP contribution in [0.5, 0.6) is 0 Å². The number of fused-ring (bicyclic) bond motifs is 1. The molecule has 0 unspecified atom stereocenters. The van der Waals surface area contributed by atoms with E-state index in [2.05, 4.69) is 23.7 Å². The molecule has 1 fully saturated rings. The first-order valence-electron chi connectivity index (χ1n) is 8.34. The molecule has 0 atom stereocenters. The highest BCUT2D eigenvalue weighted by molar-refractivity contribution is 5.98. The first-order valence-corrected chi connectivity index (χ1v) is 8.34. The number of nitrogens with one attached hydrogen (secondary N) is 1. The van der Waals surface area contributed by atoms with Crippen molar-refractivity contribution in [2.75, 3.05) is 26.2 Å². The fraction of sp³-hybridized carbons (Fsp3) is 0.500. The minimum Gasteiger partial charge on any atom is -0.351 e. The second kappa shape index (κ2) is 6.53. The molecule has 3 rings (SSSR count). The van der Waals surface area contributed by atoms with Gasteiger partial charge in [-0.05, 0) is 25.0 Å². The number of aromatic amines is 1. The van der Waals surface area contributed by atoms with Crippen LogP contribution in [0.15, 0.2) is 30.3 Å². The third-order valence-electron chi connectivity index (χ3n) is 4.82. The van der Waals surface area contributed by atoms with Crippen LogP contribution in [0.2, 0.25) is 0 Å². The number of hydrogen-bond donors (Lipinski definition) is 1. The van der Waals surface area contributed by atoms with Crippen LogP contribution in [0, 0.1) is 0 Å². The van der Waals surface area contributed by atoms with Gasteiger partial charge in [-0.2, -0.15) is 0 Å². The number of carbonyl (C=O) groups is 1. The Morgan fingerprint density at radius 3 is 2.45 bits per heavy atom. The molecule has 1 aromatic heterocycles. The van der Waals surface area contributed by atoms with E-state index in [-0.39, 0.29) is 5.91 Å². The zero-order valence-electron chi connectivity index (χ0n) is 13.5. The van der Waals surface area contributed by atoms with Gasteiger partial charge in [-0.1, -0.05) is 32.0 Å². The first-order chi connectivity index (χ1) is 10.7. The van der Waals surface area contributed by atoms with Crippen molar-refractivity contribution in [2.45, 2.75) is 32.7 Å². The largest absolute Gasteiger partial charge is 0.351 e. The van der Waals surface area contributed by atoms with Crippen molar-refractivity contribution in [1.29, 1.82) is 0 Å². The van der Waals surface area contributed by atoms with Crippen molar-refractivity contribution in [3.05, 3.63) is 36.0 Å². The summed E-state index contributed by atoms with van der Waals surface area (Å²) in [5, 5.41) is 1.10. The molecule has 118 valence electrons. The van der Waals surface area contributed by atoms with Crippen molar-refractivity contribution < 1.29 is 4.79 Å². The van der Waals surface area contributed by atoms with Gasteiger partial charge in [-0.25, -0.2) is 0 Å². The topological polar surface area (TPSA) is 39.3 Å². The smallest absolute Gasteiger partial charge is 0.270 e. The predicted octanol–water partition coefficient (Wildman–Crippen LogP) is 3.11.